The Morgan fingerprint density at radius 3 is 2.39 bits per heavy atom. The van der Waals surface area contributed by atoms with E-state index >= 15 is 0 Å². The van der Waals surface area contributed by atoms with Crippen molar-refractivity contribution < 1.29 is 8.78 Å². The molecule has 1 aliphatic rings. The molecule has 0 radical (unpaired) electrons. The highest BCUT2D eigenvalue weighted by molar-refractivity contribution is 5.19. The summed E-state index contributed by atoms with van der Waals surface area (Å²) in [5.41, 5.74) is 7.14. The molecule has 1 aliphatic carbocycles. The van der Waals surface area contributed by atoms with Crippen molar-refractivity contribution in [3.63, 3.8) is 0 Å². The molecule has 0 saturated heterocycles. The lowest BCUT2D eigenvalue weighted by Crippen LogP contribution is -2.38. The van der Waals surface area contributed by atoms with Crippen molar-refractivity contribution in [2.75, 3.05) is 0 Å². The average Bonchev–Trinajstić information content (AvgIpc) is 2.56. The van der Waals surface area contributed by atoms with Crippen molar-refractivity contribution in [2.24, 2.45) is 17.1 Å². The molecule has 0 aromatic heterocycles. The van der Waals surface area contributed by atoms with Gasteiger partial charge in [0.15, 0.2) is 0 Å². The Morgan fingerprint density at radius 1 is 1.28 bits per heavy atom. The van der Waals surface area contributed by atoms with Crippen LogP contribution in [0.25, 0.3) is 0 Å². The molecule has 1 saturated carbocycles. The van der Waals surface area contributed by atoms with Crippen LogP contribution in [0.15, 0.2) is 18.2 Å². The van der Waals surface area contributed by atoms with Gasteiger partial charge in [0.1, 0.15) is 11.6 Å². The van der Waals surface area contributed by atoms with E-state index in [1.54, 1.807) is 0 Å². The van der Waals surface area contributed by atoms with Crippen LogP contribution in [0.3, 0.4) is 0 Å². The van der Waals surface area contributed by atoms with Crippen LogP contribution in [0.5, 0.6) is 0 Å². The molecule has 1 nitrogen and oxygen atoms in total. The zero-order chi connectivity index (χ0) is 13.3. The Morgan fingerprint density at radius 2 is 1.89 bits per heavy atom. The Hall–Kier alpha value is -0.960. The Balaban J connectivity index is 2.09. The molecule has 100 valence electrons. The first-order valence-corrected chi connectivity index (χ1v) is 6.59. The van der Waals surface area contributed by atoms with E-state index < -0.39 is 11.6 Å². The van der Waals surface area contributed by atoms with Gasteiger partial charge in [0.05, 0.1) is 0 Å². The lowest BCUT2D eigenvalue weighted by atomic mass is 9.76. The number of hydrogen-bond acceptors (Lipinski definition) is 1. The van der Waals surface area contributed by atoms with Crippen molar-refractivity contribution in [2.45, 2.75) is 45.6 Å². The molecule has 0 bridgehead atoms. The summed E-state index contributed by atoms with van der Waals surface area (Å²) in [6.45, 7) is 4.47. The first-order chi connectivity index (χ1) is 8.38. The molecule has 2 N–H and O–H groups in total. The maximum atomic E-state index is 13.1. The molecular weight excluding hydrogens is 232 g/mol. The minimum atomic E-state index is -0.525. The van der Waals surface area contributed by atoms with Gasteiger partial charge in [0.2, 0.25) is 0 Å². The quantitative estimate of drug-likeness (QED) is 0.874. The standard InChI is InChI=1S/C15H21F2N/c1-15(2)5-3-4-13(15)14(18)8-10-6-11(16)9-12(17)7-10/h6-7,9,13-14H,3-5,8,18H2,1-2H3. The van der Waals surface area contributed by atoms with Crippen LogP contribution in [-0.2, 0) is 6.42 Å². The van der Waals surface area contributed by atoms with Crippen molar-refractivity contribution in [3.8, 4) is 0 Å². The molecule has 0 aliphatic heterocycles. The van der Waals surface area contributed by atoms with Gasteiger partial charge < -0.3 is 5.73 Å². The number of hydrogen-bond donors (Lipinski definition) is 1. The van der Waals surface area contributed by atoms with Gasteiger partial charge in [0, 0.05) is 12.1 Å². The molecule has 1 aromatic carbocycles. The van der Waals surface area contributed by atoms with Crippen LogP contribution in [0, 0.1) is 23.0 Å². The van der Waals surface area contributed by atoms with E-state index in [-0.39, 0.29) is 11.5 Å². The van der Waals surface area contributed by atoms with E-state index in [4.69, 9.17) is 5.73 Å². The second kappa shape index (κ2) is 4.96. The van der Waals surface area contributed by atoms with Gasteiger partial charge in [-0.2, -0.15) is 0 Å². The summed E-state index contributed by atoms with van der Waals surface area (Å²) in [4.78, 5) is 0. The molecule has 2 atom stereocenters. The number of nitrogens with two attached hydrogens (primary N) is 1. The smallest absolute Gasteiger partial charge is 0.126 e. The molecule has 3 heteroatoms. The third kappa shape index (κ3) is 2.89. The molecular formula is C15H21F2N. The molecule has 1 aromatic rings. The lowest BCUT2D eigenvalue weighted by Gasteiger charge is -2.32. The molecule has 0 heterocycles. The van der Waals surface area contributed by atoms with Crippen molar-refractivity contribution >= 4 is 0 Å². The Labute approximate surface area is 107 Å². The van der Waals surface area contributed by atoms with E-state index in [0.717, 1.165) is 12.5 Å². The second-order valence-corrected chi connectivity index (χ2v) is 6.13. The van der Waals surface area contributed by atoms with Gasteiger partial charge in [0.25, 0.3) is 0 Å². The molecule has 18 heavy (non-hydrogen) atoms. The van der Waals surface area contributed by atoms with Gasteiger partial charge >= 0.3 is 0 Å². The van der Waals surface area contributed by atoms with E-state index in [1.807, 2.05) is 0 Å². The topological polar surface area (TPSA) is 26.0 Å². The maximum absolute atomic E-state index is 13.1. The van der Waals surface area contributed by atoms with Crippen LogP contribution in [0.1, 0.15) is 38.7 Å². The zero-order valence-electron chi connectivity index (χ0n) is 11.0. The van der Waals surface area contributed by atoms with Crippen molar-refractivity contribution in [3.05, 3.63) is 35.4 Å². The lowest BCUT2D eigenvalue weighted by molar-refractivity contribution is 0.220. The molecule has 0 amide bonds. The molecule has 2 rings (SSSR count). The zero-order valence-corrected chi connectivity index (χ0v) is 11.0. The minimum Gasteiger partial charge on any atom is -0.327 e. The first kappa shape index (κ1) is 13.5. The van der Waals surface area contributed by atoms with Gasteiger partial charge in [-0.15, -0.1) is 0 Å². The third-order valence-corrected chi connectivity index (χ3v) is 4.25. The second-order valence-electron chi connectivity index (χ2n) is 6.13. The predicted octanol–water partition coefficient (Wildman–Crippen LogP) is 3.66. The number of rotatable bonds is 3. The van der Waals surface area contributed by atoms with Gasteiger partial charge in [-0.25, -0.2) is 8.78 Å². The summed E-state index contributed by atoms with van der Waals surface area (Å²) in [6, 6.07) is 3.63. The summed E-state index contributed by atoms with van der Waals surface area (Å²) in [7, 11) is 0. The van der Waals surface area contributed by atoms with E-state index in [0.29, 0.717) is 17.9 Å². The fourth-order valence-corrected chi connectivity index (χ4v) is 3.29. The van der Waals surface area contributed by atoms with Crippen LogP contribution >= 0.6 is 0 Å². The molecule has 2 unspecified atom stereocenters. The predicted molar refractivity (Wildman–Crippen MR) is 69.2 cm³/mol. The van der Waals surface area contributed by atoms with Crippen LogP contribution in [0.4, 0.5) is 8.78 Å². The van der Waals surface area contributed by atoms with Crippen LogP contribution < -0.4 is 5.73 Å². The van der Waals surface area contributed by atoms with E-state index in [2.05, 4.69) is 13.8 Å². The first-order valence-electron chi connectivity index (χ1n) is 6.59. The summed E-state index contributed by atoms with van der Waals surface area (Å²) in [5, 5.41) is 0. The van der Waals surface area contributed by atoms with Crippen LogP contribution in [-0.4, -0.2) is 6.04 Å². The van der Waals surface area contributed by atoms with Crippen LogP contribution in [0.2, 0.25) is 0 Å². The van der Waals surface area contributed by atoms with Crippen molar-refractivity contribution in [1.29, 1.82) is 0 Å². The normalized spacial score (nSPS) is 24.2. The van der Waals surface area contributed by atoms with Gasteiger partial charge in [-0.1, -0.05) is 20.3 Å². The van der Waals surface area contributed by atoms with Gasteiger partial charge in [-0.05, 0) is 48.3 Å². The number of halogens is 2. The summed E-state index contributed by atoms with van der Waals surface area (Å²) in [5.74, 6) is -0.616. The Kier molecular flexibility index (Phi) is 3.71. The minimum absolute atomic E-state index is 0.0244. The monoisotopic (exact) mass is 253 g/mol. The maximum Gasteiger partial charge on any atom is 0.126 e. The van der Waals surface area contributed by atoms with E-state index in [1.165, 1.54) is 25.0 Å². The third-order valence-electron chi connectivity index (χ3n) is 4.25. The Bertz CT molecular complexity index is 408. The average molecular weight is 253 g/mol. The fraction of sp³-hybridized carbons (Fsp3) is 0.600. The van der Waals surface area contributed by atoms with E-state index in [9.17, 15) is 8.78 Å². The summed E-state index contributed by atoms with van der Waals surface area (Å²) < 4.78 is 26.3. The SMILES string of the molecule is CC1(C)CCCC1C(N)Cc1cc(F)cc(F)c1. The highest BCUT2D eigenvalue weighted by atomic mass is 19.1. The fourth-order valence-electron chi connectivity index (χ4n) is 3.29. The largest absolute Gasteiger partial charge is 0.327 e. The summed E-state index contributed by atoms with van der Waals surface area (Å²) >= 11 is 0. The molecule has 0 spiro atoms. The number of benzene rings is 1. The highest BCUT2D eigenvalue weighted by Crippen LogP contribution is 2.44. The highest BCUT2D eigenvalue weighted by Gasteiger charge is 2.37. The summed E-state index contributed by atoms with van der Waals surface area (Å²) in [6.07, 6.45) is 4.04. The van der Waals surface area contributed by atoms with Crippen molar-refractivity contribution in [1.82, 2.24) is 0 Å². The van der Waals surface area contributed by atoms with Gasteiger partial charge in [-0.3, -0.25) is 0 Å². The molecule has 1 fully saturated rings.